The van der Waals surface area contributed by atoms with E-state index in [1.807, 2.05) is 12.1 Å². The average Bonchev–Trinajstić information content (AvgIpc) is 3.01. The van der Waals surface area contributed by atoms with Crippen LogP contribution in [0.2, 0.25) is 0 Å². The van der Waals surface area contributed by atoms with E-state index in [1.54, 1.807) is 12.1 Å². The summed E-state index contributed by atoms with van der Waals surface area (Å²) in [6, 6.07) is 19.9. The van der Waals surface area contributed by atoms with E-state index in [1.165, 1.54) is 12.1 Å². The molecule has 0 amide bonds. The molecule has 0 spiro atoms. The highest BCUT2D eigenvalue weighted by Gasteiger charge is 2.38. The number of ether oxygens (including phenoxy) is 1. The van der Waals surface area contributed by atoms with Crippen LogP contribution in [-0.2, 0) is 10.9 Å². The molecule has 0 saturated carbocycles. The van der Waals surface area contributed by atoms with Crippen molar-refractivity contribution in [3.63, 3.8) is 0 Å². The second-order valence-electron chi connectivity index (χ2n) is 8.16. The SMILES string of the molecule is CC1(C)CC[C@@H]([C@@H](c2ccc(C(F)(F)F)cc2)c2ccc3ccccc3c2)O1. The Hall–Kier alpha value is -2.33. The molecule has 3 aromatic rings. The Morgan fingerprint density at radius 1 is 0.893 bits per heavy atom. The number of hydrogen-bond donors (Lipinski definition) is 0. The molecule has 3 aromatic carbocycles. The monoisotopic (exact) mass is 384 g/mol. The molecule has 0 aliphatic carbocycles. The Morgan fingerprint density at radius 3 is 2.14 bits per heavy atom. The lowest BCUT2D eigenvalue weighted by Crippen LogP contribution is -2.25. The number of fused-ring (bicyclic) bond motifs is 1. The molecule has 1 saturated heterocycles. The molecule has 4 heteroatoms. The molecule has 28 heavy (non-hydrogen) atoms. The highest BCUT2D eigenvalue weighted by Crippen LogP contribution is 2.42. The number of benzene rings is 3. The van der Waals surface area contributed by atoms with Crippen molar-refractivity contribution < 1.29 is 17.9 Å². The van der Waals surface area contributed by atoms with Crippen LogP contribution in [0.1, 0.15) is 49.3 Å². The van der Waals surface area contributed by atoms with Crippen molar-refractivity contribution in [3.05, 3.63) is 83.4 Å². The van der Waals surface area contributed by atoms with Crippen molar-refractivity contribution in [2.45, 2.75) is 50.5 Å². The van der Waals surface area contributed by atoms with E-state index in [0.717, 1.165) is 34.7 Å². The summed E-state index contributed by atoms with van der Waals surface area (Å²) in [5, 5.41) is 2.26. The Balaban J connectivity index is 1.77. The first kappa shape index (κ1) is 19.0. The summed E-state index contributed by atoms with van der Waals surface area (Å²) in [7, 11) is 0. The predicted molar refractivity (Wildman–Crippen MR) is 105 cm³/mol. The van der Waals surface area contributed by atoms with Gasteiger partial charge in [0.25, 0.3) is 0 Å². The van der Waals surface area contributed by atoms with Gasteiger partial charge in [-0.3, -0.25) is 0 Å². The van der Waals surface area contributed by atoms with Gasteiger partial charge >= 0.3 is 6.18 Å². The van der Waals surface area contributed by atoms with Gasteiger partial charge in [0.15, 0.2) is 0 Å². The topological polar surface area (TPSA) is 9.23 Å². The normalized spacial score (nSPS) is 20.4. The summed E-state index contributed by atoms with van der Waals surface area (Å²) in [5.74, 6) is -0.103. The van der Waals surface area contributed by atoms with Crippen molar-refractivity contribution in [1.29, 1.82) is 0 Å². The molecule has 1 aliphatic heterocycles. The lowest BCUT2D eigenvalue weighted by molar-refractivity contribution is -0.137. The van der Waals surface area contributed by atoms with Crippen LogP contribution >= 0.6 is 0 Å². The molecule has 1 fully saturated rings. The van der Waals surface area contributed by atoms with Gasteiger partial charge in [-0.25, -0.2) is 0 Å². The van der Waals surface area contributed by atoms with E-state index in [9.17, 15) is 13.2 Å². The van der Waals surface area contributed by atoms with Gasteiger partial charge in [-0.15, -0.1) is 0 Å². The smallest absolute Gasteiger partial charge is 0.371 e. The van der Waals surface area contributed by atoms with Crippen LogP contribution in [-0.4, -0.2) is 11.7 Å². The predicted octanol–water partition coefficient (Wildman–Crippen LogP) is 6.95. The van der Waals surface area contributed by atoms with Crippen molar-refractivity contribution in [3.8, 4) is 0 Å². The fourth-order valence-corrected chi connectivity index (χ4v) is 4.15. The minimum atomic E-state index is -4.33. The van der Waals surface area contributed by atoms with Crippen LogP contribution in [0.4, 0.5) is 13.2 Å². The third-order valence-electron chi connectivity index (χ3n) is 5.60. The number of hydrogen-bond acceptors (Lipinski definition) is 1. The summed E-state index contributed by atoms with van der Waals surface area (Å²) in [6.45, 7) is 4.13. The lowest BCUT2D eigenvalue weighted by atomic mass is 9.84. The van der Waals surface area contributed by atoms with Gasteiger partial charge in [0.05, 0.1) is 17.3 Å². The van der Waals surface area contributed by atoms with E-state index in [4.69, 9.17) is 4.74 Å². The first-order valence-corrected chi connectivity index (χ1v) is 9.57. The molecule has 0 radical (unpaired) electrons. The molecule has 1 aliphatic rings. The molecule has 1 heterocycles. The zero-order valence-electron chi connectivity index (χ0n) is 16.0. The molecular formula is C24H23F3O. The molecular weight excluding hydrogens is 361 g/mol. The quantitative estimate of drug-likeness (QED) is 0.475. The summed E-state index contributed by atoms with van der Waals surface area (Å²) in [5.41, 5.74) is 1.08. The van der Waals surface area contributed by atoms with Gasteiger partial charge in [-0.2, -0.15) is 13.2 Å². The van der Waals surface area contributed by atoms with Crippen LogP contribution in [0, 0.1) is 0 Å². The van der Waals surface area contributed by atoms with Gasteiger partial charge in [-0.05, 0) is 60.7 Å². The maximum absolute atomic E-state index is 13.0. The minimum absolute atomic E-state index is 0.0621. The Kier molecular flexibility index (Phi) is 4.70. The van der Waals surface area contributed by atoms with Crippen molar-refractivity contribution >= 4 is 10.8 Å². The molecule has 0 aromatic heterocycles. The molecule has 2 atom stereocenters. The standard InChI is InChI=1S/C24H23F3O/c1-23(2)14-13-21(28-23)22(17-9-11-20(12-10-17)24(25,26)27)19-8-7-16-5-3-4-6-18(16)15-19/h3-12,15,21-22H,13-14H2,1-2H3/t21-,22-/m0/s1. The molecule has 4 rings (SSSR count). The first-order chi connectivity index (χ1) is 13.2. The molecule has 0 unspecified atom stereocenters. The number of halogens is 3. The van der Waals surface area contributed by atoms with Crippen LogP contribution in [0.5, 0.6) is 0 Å². The van der Waals surface area contributed by atoms with E-state index < -0.39 is 11.7 Å². The molecule has 1 nitrogen and oxygen atoms in total. The molecule has 0 bridgehead atoms. The van der Waals surface area contributed by atoms with Crippen LogP contribution in [0.25, 0.3) is 10.8 Å². The van der Waals surface area contributed by atoms with Gasteiger partial charge in [0.1, 0.15) is 0 Å². The summed E-state index contributed by atoms with van der Waals surface area (Å²) in [6.07, 6.45) is -2.58. The summed E-state index contributed by atoms with van der Waals surface area (Å²) >= 11 is 0. The van der Waals surface area contributed by atoms with Crippen LogP contribution < -0.4 is 0 Å². The lowest BCUT2D eigenvalue weighted by Gasteiger charge is -2.27. The largest absolute Gasteiger partial charge is 0.416 e. The highest BCUT2D eigenvalue weighted by molar-refractivity contribution is 5.83. The van der Waals surface area contributed by atoms with Gasteiger partial charge in [-0.1, -0.05) is 54.6 Å². The Morgan fingerprint density at radius 2 is 1.54 bits per heavy atom. The van der Waals surface area contributed by atoms with E-state index in [-0.39, 0.29) is 17.6 Å². The van der Waals surface area contributed by atoms with Crippen LogP contribution in [0.3, 0.4) is 0 Å². The second kappa shape index (κ2) is 6.93. The molecule has 146 valence electrons. The minimum Gasteiger partial charge on any atom is -0.371 e. The third kappa shape index (κ3) is 3.79. The Labute approximate surface area is 163 Å². The van der Waals surface area contributed by atoms with Crippen molar-refractivity contribution in [1.82, 2.24) is 0 Å². The number of rotatable bonds is 3. The van der Waals surface area contributed by atoms with E-state index >= 15 is 0 Å². The fraction of sp³-hybridized carbons (Fsp3) is 0.333. The van der Waals surface area contributed by atoms with Gasteiger partial charge in [0.2, 0.25) is 0 Å². The maximum atomic E-state index is 13.0. The first-order valence-electron chi connectivity index (χ1n) is 9.57. The van der Waals surface area contributed by atoms with E-state index in [2.05, 4.69) is 44.2 Å². The van der Waals surface area contributed by atoms with Crippen LogP contribution in [0.15, 0.2) is 66.7 Å². The maximum Gasteiger partial charge on any atom is 0.416 e. The van der Waals surface area contributed by atoms with Gasteiger partial charge < -0.3 is 4.74 Å². The zero-order valence-corrected chi connectivity index (χ0v) is 16.0. The highest BCUT2D eigenvalue weighted by atomic mass is 19.4. The second-order valence-corrected chi connectivity index (χ2v) is 8.16. The van der Waals surface area contributed by atoms with Crippen molar-refractivity contribution in [2.24, 2.45) is 0 Å². The molecule has 0 N–H and O–H groups in total. The number of alkyl halides is 3. The van der Waals surface area contributed by atoms with Crippen molar-refractivity contribution in [2.75, 3.05) is 0 Å². The van der Waals surface area contributed by atoms with E-state index in [0.29, 0.717) is 0 Å². The zero-order chi connectivity index (χ0) is 19.9. The summed E-state index contributed by atoms with van der Waals surface area (Å²) < 4.78 is 45.3. The summed E-state index contributed by atoms with van der Waals surface area (Å²) in [4.78, 5) is 0. The van der Waals surface area contributed by atoms with Gasteiger partial charge in [0, 0.05) is 5.92 Å². The fourth-order valence-electron chi connectivity index (χ4n) is 4.15. The Bertz CT molecular complexity index is 973. The average molecular weight is 384 g/mol. The third-order valence-corrected chi connectivity index (χ3v) is 5.60.